The van der Waals surface area contributed by atoms with E-state index in [2.05, 4.69) is 76.1 Å². The van der Waals surface area contributed by atoms with Gasteiger partial charge >= 0.3 is 0 Å². The third-order valence-corrected chi connectivity index (χ3v) is 6.38. The van der Waals surface area contributed by atoms with Gasteiger partial charge in [0.1, 0.15) is 0 Å². The lowest BCUT2D eigenvalue weighted by Crippen LogP contribution is -2.21. The smallest absolute Gasteiger partial charge is 0.0563 e. The summed E-state index contributed by atoms with van der Waals surface area (Å²) in [5, 5.41) is 1.56. The van der Waals surface area contributed by atoms with Crippen molar-refractivity contribution in [2.75, 3.05) is 0 Å². The van der Waals surface area contributed by atoms with Crippen LogP contribution in [0.5, 0.6) is 0 Å². The zero-order valence-electron chi connectivity index (χ0n) is 9.64. The Morgan fingerprint density at radius 3 is 2.65 bits per heavy atom. The molecule has 0 saturated carbocycles. The van der Waals surface area contributed by atoms with E-state index in [1.807, 2.05) is 0 Å². The Morgan fingerprint density at radius 2 is 1.88 bits per heavy atom. The van der Waals surface area contributed by atoms with Crippen molar-refractivity contribution in [1.29, 1.82) is 0 Å². The minimum Gasteiger partial charge on any atom is -0.0563 e. The lowest BCUT2D eigenvalue weighted by molar-refractivity contribution is 0.668. The van der Waals surface area contributed by atoms with E-state index in [1.54, 1.807) is 5.20 Å². The Labute approximate surface area is 121 Å². The Kier molecular flexibility index (Phi) is 2.69. The van der Waals surface area contributed by atoms with Crippen LogP contribution in [0.1, 0.15) is 25.0 Å². The first-order valence-electron chi connectivity index (χ1n) is 5.53. The topological polar surface area (TPSA) is 0 Å². The standard InChI is InChI=1S/C14H11Br2Si/c1-14(2)11-7-8(15)3-4-9(11)10-5-6-12(16)17-13(10)14/h3-7H,1-2H3. The predicted octanol–water partition coefficient (Wildman–Crippen LogP) is 4.25. The van der Waals surface area contributed by atoms with E-state index in [0.29, 0.717) is 0 Å². The molecule has 1 heterocycles. The second kappa shape index (κ2) is 3.87. The molecule has 1 aromatic carbocycles. The Balaban J connectivity index is 2.31. The average Bonchev–Trinajstić information content (AvgIpc) is 2.49. The van der Waals surface area contributed by atoms with Crippen molar-refractivity contribution in [3.8, 4) is 0 Å². The number of hydrogen-bond acceptors (Lipinski definition) is 0. The fourth-order valence-corrected chi connectivity index (χ4v) is 4.88. The molecular weight excluding hydrogens is 356 g/mol. The monoisotopic (exact) mass is 365 g/mol. The number of fused-ring (bicyclic) bond motifs is 2. The molecular formula is C14H11Br2Si. The molecule has 0 spiro atoms. The Morgan fingerprint density at radius 1 is 1.12 bits per heavy atom. The maximum atomic E-state index is 3.63. The summed E-state index contributed by atoms with van der Waals surface area (Å²) in [6.45, 7) is 4.65. The van der Waals surface area contributed by atoms with Gasteiger partial charge in [-0.2, -0.15) is 0 Å². The number of halogens is 2. The lowest BCUT2D eigenvalue weighted by Gasteiger charge is -2.23. The molecule has 1 aliphatic heterocycles. The Hall–Kier alpha value is -0.253. The molecule has 2 aliphatic rings. The second-order valence-corrected chi connectivity index (χ2v) is 8.70. The quantitative estimate of drug-likeness (QED) is 0.602. The predicted molar refractivity (Wildman–Crippen MR) is 82.9 cm³/mol. The van der Waals surface area contributed by atoms with Crippen molar-refractivity contribution < 1.29 is 0 Å². The molecule has 1 radical (unpaired) electrons. The summed E-state index contributed by atoms with van der Waals surface area (Å²) in [5.74, 6) is 0. The molecule has 0 amide bonds. The molecule has 0 atom stereocenters. The van der Waals surface area contributed by atoms with Crippen LogP contribution in [-0.2, 0) is 5.41 Å². The molecule has 0 N–H and O–H groups in total. The van der Waals surface area contributed by atoms with Crippen molar-refractivity contribution in [3.05, 3.63) is 51.1 Å². The van der Waals surface area contributed by atoms with E-state index in [1.165, 1.54) is 25.3 Å². The van der Waals surface area contributed by atoms with Crippen LogP contribution in [0.2, 0.25) is 0 Å². The summed E-state index contributed by atoms with van der Waals surface area (Å²) in [6.07, 6.45) is 4.43. The number of hydrogen-bond donors (Lipinski definition) is 0. The number of allylic oxidation sites excluding steroid dienone is 4. The van der Waals surface area contributed by atoms with Gasteiger partial charge < -0.3 is 0 Å². The summed E-state index contributed by atoms with van der Waals surface area (Å²) >= 11 is 7.21. The minimum absolute atomic E-state index is 0.149. The van der Waals surface area contributed by atoms with Crippen LogP contribution in [0.15, 0.2) is 40.0 Å². The van der Waals surface area contributed by atoms with Crippen molar-refractivity contribution >= 4 is 50.6 Å². The SMILES string of the molecule is CC1(C)C2=C(C=CC(Br)=[Si]2)c2ccc(Br)cc21. The van der Waals surface area contributed by atoms with Gasteiger partial charge in [0.05, 0.1) is 9.13 Å². The molecule has 17 heavy (non-hydrogen) atoms. The first-order chi connectivity index (χ1) is 8.00. The molecule has 0 saturated heterocycles. The van der Waals surface area contributed by atoms with Crippen LogP contribution in [-0.4, -0.2) is 13.2 Å². The van der Waals surface area contributed by atoms with E-state index in [-0.39, 0.29) is 5.41 Å². The van der Waals surface area contributed by atoms with Crippen molar-refractivity contribution in [2.24, 2.45) is 0 Å². The molecule has 0 fully saturated rings. The highest BCUT2D eigenvalue weighted by atomic mass is 79.9. The highest BCUT2D eigenvalue weighted by Crippen LogP contribution is 2.47. The van der Waals surface area contributed by atoms with Crippen LogP contribution < -0.4 is 0 Å². The molecule has 0 nitrogen and oxygen atoms in total. The van der Waals surface area contributed by atoms with Gasteiger partial charge in [-0.05, 0) is 34.0 Å². The largest absolute Gasteiger partial charge is 0.0747 e. The van der Waals surface area contributed by atoms with E-state index >= 15 is 0 Å². The highest BCUT2D eigenvalue weighted by Gasteiger charge is 2.36. The highest BCUT2D eigenvalue weighted by molar-refractivity contribution is 9.19. The minimum atomic E-state index is 0.149. The molecule has 3 heteroatoms. The summed E-state index contributed by atoms with van der Waals surface area (Å²) in [7, 11) is 0.765. The van der Waals surface area contributed by atoms with Crippen LogP contribution in [0, 0.1) is 0 Å². The summed E-state index contributed by atoms with van der Waals surface area (Å²) in [6, 6.07) is 6.63. The first-order valence-corrected chi connectivity index (χ1v) is 8.11. The third-order valence-electron chi connectivity index (χ3n) is 3.48. The molecule has 3 rings (SSSR count). The van der Waals surface area contributed by atoms with Gasteiger partial charge in [0.25, 0.3) is 0 Å². The van der Waals surface area contributed by atoms with E-state index in [9.17, 15) is 0 Å². The van der Waals surface area contributed by atoms with Gasteiger partial charge in [0.2, 0.25) is 0 Å². The summed E-state index contributed by atoms with van der Waals surface area (Å²) in [4.78, 5) is 0. The zero-order valence-corrected chi connectivity index (χ0v) is 13.8. The van der Waals surface area contributed by atoms with Crippen LogP contribution in [0.4, 0.5) is 0 Å². The lowest BCUT2D eigenvalue weighted by atomic mass is 9.87. The maximum Gasteiger partial charge on any atom is 0.0747 e. The van der Waals surface area contributed by atoms with Gasteiger partial charge in [-0.3, -0.25) is 0 Å². The van der Waals surface area contributed by atoms with E-state index in [4.69, 9.17) is 0 Å². The fraction of sp³-hybridized carbons (Fsp3) is 0.214. The van der Waals surface area contributed by atoms with E-state index in [0.717, 1.165) is 9.13 Å². The number of rotatable bonds is 0. The Bertz CT molecular complexity index is 607. The second-order valence-electron chi connectivity index (χ2n) is 4.91. The summed E-state index contributed by atoms with van der Waals surface area (Å²) in [5.41, 5.74) is 4.42. The van der Waals surface area contributed by atoms with Gasteiger partial charge in [0.15, 0.2) is 0 Å². The van der Waals surface area contributed by atoms with Crippen LogP contribution in [0.25, 0.3) is 5.57 Å². The zero-order chi connectivity index (χ0) is 12.2. The van der Waals surface area contributed by atoms with Crippen LogP contribution >= 0.6 is 31.9 Å². The van der Waals surface area contributed by atoms with Crippen LogP contribution in [0.3, 0.4) is 0 Å². The summed E-state index contributed by atoms with van der Waals surface area (Å²) < 4.78 is 2.47. The molecule has 1 aliphatic carbocycles. The molecule has 0 bridgehead atoms. The fourth-order valence-electron chi connectivity index (χ4n) is 2.59. The van der Waals surface area contributed by atoms with Gasteiger partial charge in [0, 0.05) is 14.0 Å². The molecule has 0 aromatic heterocycles. The first kappa shape index (κ1) is 11.8. The van der Waals surface area contributed by atoms with Crippen molar-refractivity contribution in [2.45, 2.75) is 19.3 Å². The molecule has 0 unspecified atom stereocenters. The van der Waals surface area contributed by atoms with Gasteiger partial charge in [-0.25, -0.2) is 0 Å². The van der Waals surface area contributed by atoms with Gasteiger partial charge in [-0.15, -0.1) is 0 Å². The maximum absolute atomic E-state index is 3.63. The van der Waals surface area contributed by atoms with Crippen molar-refractivity contribution in [1.82, 2.24) is 0 Å². The van der Waals surface area contributed by atoms with E-state index < -0.39 is 0 Å². The molecule has 85 valence electrons. The average molecular weight is 367 g/mol. The normalized spacial score (nSPS) is 20.1. The van der Waals surface area contributed by atoms with Crippen molar-refractivity contribution in [3.63, 3.8) is 0 Å². The molecule has 1 aromatic rings. The number of benzene rings is 1. The van der Waals surface area contributed by atoms with Gasteiger partial charge in [-0.1, -0.05) is 63.9 Å². The third kappa shape index (κ3) is 1.71.